The van der Waals surface area contributed by atoms with Crippen molar-refractivity contribution in [3.8, 4) is 0 Å². The Kier molecular flexibility index (Phi) is 5.33. The Labute approximate surface area is 108 Å². The maximum absolute atomic E-state index is 11.4. The number of aromatic nitrogens is 2. The Morgan fingerprint density at radius 3 is 2.58 bits per heavy atom. The first-order valence-electron chi connectivity index (χ1n) is 5.43. The van der Waals surface area contributed by atoms with E-state index in [-0.39, 0.29) is 6.54 Å². The van der Waals surface area contributed by atoms with Crippen molar-refractivity contribution in [2.75, 3.05) is 6.54 Å². The number of nitrogens with one attached hydrogen (secondary N) is 2. The molecule has 1 aromatic heterocycles. The molecule has 1 rings (SSSR count). The number of carboxylic acids is 2. The molecule has 104 valence electrons. The largest absolute Gasteiger partial charge is 0.481 e. The Bertz CT molecular complexity index is 445. The highest BCUT2D eigenvalue weighted by Crippen LogP contribution is 1.92. The molecule has 2 amide bonds. The summed E-state index contributed by atoms with van der Waals surface area (Å²) in [5.74, 6) is -2.70. The third-order valence-electron chi connectivity index (χ3n) is 2.20. The van der Waals surface area contributed by atoms with Crippen LogP contribution in [0.2, 0.25) is 0 Å². The van der Waals surface area contributed by atoms with Crippen LogP contribution in [-0.2, 0) is 16.1 Å². The van der Waals surface area contributed by atoms with Crippen molar-refractivity contribution >= 4 is 18.0 Å². The van der Waals surface area contributed by atoms with Gasteiger partial charge in [-0.2, -0.15) is 0 Å². The van der Waals surface area contributed by atoms with Crippen LogP contribution in [0.3, 0.4) is 0 Å². The SMILES string of the molecule is O=C(O)C[C@@H](NC(=O)NCCn1ccnc1)C(=O)O. The first-order valence-corrected chi connectivity index (χ1v) is 5.43. The van der Waals surface area contributed by atoms with E-state index in [1.807, 2.05) is 0 Å². The number of carbonyl (C=O) groups excluding carboxylic acids is 1. The van der Waals surface area contributed by atoms with Crippen molar-refractivity contribution in [1.82, 2.24) is 20.2 Å². The highest BCUT2D eigenvalue weighted by molar-refractivity contribution is 5.86. The molecule has 0 saturated heterocycles. The van der Waals surface area contributed by atoms with Crippen LogP contribution in [0.1, 0.15) is 6.42 Å². The Hall–Kier alpha value is -2.58. The monoisotopic (exact) mass is 270 g/mol. The number of imidazole rings is 1. The summed E-state index contributed by atoms with van der Waals surface area (Å²) in [5.41, 5.74) is 0. The smallest absolute Gasteiger partial charge is 0.326 e. The van der Waals surface area contributed by atoms with Crippen LogP contribution < -0.4 is 10.6 Å². The van der Waals surface area contributed by atoms with Gasteiger partial charge in [-0.15, -0.1) is 0 Å². The first kappa shape index (κ1) is 14.5. The molecule has 19 heavy (non-hydrogen) atoms. The third-order valence-corrected chi connectivity index (χ3v) is 2.20. The minimum atomic E-state index is -1.45. The summed E-state index contributed by atoms with van der Waals surface area (Å²) in [6.45, 7) is 0.742. The van der Waals surface area contributed by atoms with Crippen LogP contribution >= 0.6 is 0 Å². The van der Waals surface area contributed by atoms with Crippen LogP contribution in [0.15, 0.2) is 18.7 Å². The third kappa shape index (κ3) is 5.52. The molecular formula is C10H14N4O5. The van der Waals surface area contributed by atoms with Crippen molar-refractivity contribution in [2.45, 2.75) is 19.0 Å². The molecule has 0 unspecified atom stereocenters. The number of rotatable bonds is 7. The summed E-state index contributed by atoms with van der Waals surface area (Å²) in [7, 11) is 0. The molecule has 0 radical (unpaired) electrons. The fraction of sp³-hybridized carbons (Fsp3) is 0.400. The van der Waals surface area contributed by atoms with Gasteiger partial charge in [-0.05, 0) is 0 Å². The first-order chi connectivity index (χ1) is 8.99. The molecule has 9 nitrogen and oxygen atoms in total. The van der Waals surface area contributed by atoms with Crippen LogP contribution in [0.5, 0.6) is 0 Å². The van der Waals surface area contributed by atoms with Gasteiger partial charge in [0.1, 0.15) is 6.04 Å². The van der Waals surface area contributed by atoms with Gasteiger partial charge in [0.25, 0.3) is 0 Å². The molecule has 0 saturated carbocycles. The van der Waals surface area contributed by atoms with Gasteiger partial charge in [-0.3, -0.25) is 4.79 Å². The lowest BCUT2D eigenvalue weighted by atomic mass is 10.2. The molecule has 1 aromatic rings. The Balaban J connectivity index is 2.32. The van der Waals surface area contributed by atoms with Crippen LogP contribution in [0, 0.1) is 0 Å². The highest BCUT2D eigenvalue weighted by Gasteiger charge is 2.22. The van der Waals surface area contributed by atoms with E-state index in [9.17, 15) is 14.4 Å². The van der Waals surface area contributed by atoms with Gasteiger partial charge in [0, 0.05) is 25.5 Å². The van der Waals surface area contributed by atoms with Gasteiger partial charge >= 0.3 is 18.0 Å². The Morgan fingerprint density at radius 1 is 1.32 bits per heavy atom. The minimum Gasteiger partial charge on any atom is -0.481 e. The molecule has 0 aliphatic carbocycles. The number of aliphatic carboxylic acids is 2. The molecule has 4 N–H and O–H groups in total. The fourth-order valence-corrected chi connectivity index (χ4v) is 1.30. The zero-order valence-corrected chi connectivity index (χ0v) is 9.94. The summed E-state index contributed by atoms with van der Waals surface area (Å²) < 4.78 is 1.73. The summed E-state index contributed by atoms with van der Waals surface area (Å²) in [4.78, 5) is 36.3. The van der Waals surface area contributed by atoms with Crippen molar-refractivity contribution in [3.63, 3.8) is 0 Å². The van der Waals surface area contributed by atoms with Crippen molar-refractivity contribution in [1.29, 1.82) is 0 Å². The highest BCUT2D eigenvalue weighted by atomic mass is 16.4. The van der Waals surface area contributed by atoms with Crippen molar-refractivity contribution < 1.29 is 24.6 Å². The summed E-state index contributed by atoms with van der Waals surface area (Å²) in [6, 6.07) is -2.18. The normalized spacial score (nSPS) is 11.6. The molecule has 1 atom stereocenters. The summed E-state index contributed by atoms with van der Waals surface area (Å²) >= 11 is 0. The molecule has 0 spiro atoms. The number of hydrogen-bond acceptors (Lipinski definition) is 4. The standard InChI is InChI=1S/C10H14N4O5/c15-8(16)5-7(9(17)18)13-10(19)12-2-4-14-3-1-11-6-14/h1,3,6-7H,2,4-5H2,(H,15,16)(H,17,18)(H2,12,13,19)/t7-/m1/s1. The number of urea groups is 1. The molecule has 0 fully saturated rings. The Morgan fingerprint density at radius 2 is 2.05 bits per heavy atom. The van der Waals surface area contributed by atoms with Crippen LogP contribution in [0.25, 0.3) is 0 Å². The summed E-state index contributed by atoms with van der Waals surface area (Å²) in [5, 5.41) is 21.7. The van der Waals surface area contributed by atoms with Crippen molar-refractivity contribution in [2.24, 2.45) is 0 Å². The predicted molar refractivity (Wildman–Crippen MR) is 62.4 cm³/mol. The van der Waals surface area contributed by atoms with Crippen LogP contribution in [0.4, 0.5) is 4.79 Å². The second-order valence-electron chi connectivity index (χ2n) is 3.69. The zero-order valence-electron chi connectivity index (χ0n) is 9.94. The quantitative estimate of drug-likeness (QED) is 0.508. The lowest BCUT2D eigenvalue weighted by Gasteiger charge is -2.13. The minimum absolute atomic E-state index is 0.265. The van der Waals surface area contributed by atoms with Gasteiger partial charge in [0.15, 0.2) is 0 Å². The van der Waals surface area contributed by atoms with Crippen molar-refractivity contribution in [3.05, 3.63) is 18.7 Å². The zero-order chi connectivity index (χ0) is 14.3. The van der Waals surface area contributed by atoms with E-state index in [1.54, 1.807) is 23.3 Å². The number of carbonyl (C=O) groups is 3. The van der Waals surface area contributed by atoms with E-state index in [0.717, 1.165) is 0 Å². The molecule has 0 aliphatic rings. The second-order valence-corrected chi connectivity index (χ2v) is 3.69. The predicted octanol–water partition coefficient (Wildman–Crippen LogP) is -0.890. The van der Waals surface area contributed by atoms with E-state index < -0.39 is 30.4 Å². The fourth-order valence-electron chi connectivity index (χ4n) is 1.30. The second kappa shape index (κ2) is 6.99. The number of amides is 2. The molecule has 0 aliphatic heterocycles. The van der Waals surface area contributed by atoms with Gasteiger partial charge in [-0.25, -0.2) is 14.6 Å². The van der Waals surface area contributed by atoms with Gasteiger partial charge < -0.3 is 25.4 Å². The molecule has 0 aromatic carbocycles. The molecular weight excluding hydrogens is 256 g/mol. The van der Waals surface area contributed by atoms with E-state index in [0.29, 0.717) is 6.54 Å². The van der Waals surface area contributed by atoms with Gasteiger partial charge in [-0.1, -0.05) is 0 Å². The van der Waals surface area contributed by atoms with E-state index >= 15 is 0 Å². The lowest BCUT2D eigenvalue weighted by molar-refractivity contribution is -0.145. The van der Waals surface area contributed by atoms with E-state index in [4.69, 9.17) is 10.2 Å². The van der Waals surface area contributed by atoms with Crippen LogP contribution in [-0.4, -0.2) is 50.3 Å². The van der Waals surface area contributed by atoms with E-state index in [2.05, 4.69) is 15.6 Å². The molecule has 9 heteroatoms. The van der Waals surface area contributed by atoms with Gasteiger partial charge in [0.05, 0.1) is 12.7 Å². The molecule has 0 bridgehead atoms. The maximum atomic E-state index is 11.4. The number of hydrogen-bond donors (Lipinski definition) is 4. The number of carboxylic acid groups (broad SMARTS) is 2. The molecule has 1 heterocycles. The van der Waals surface area contributed by atoms with E-state index in [1.165, 1.54) is 0 Å². The average molecular weight is 270 g/mol. The number of nitrogens with zero attached hydrogens (tertiary/aromatic N) is 2. The summed E-state index contributed by atoms with van der Waals surface area (Å²) in [6.07, 6.45) is 4.20. The average Bonchev–Trinajstić information content (AvgIpc) is 2.80. The topological polar surface area (TPSA) is 134 Å². The van der Waals surface area contributed by atoms with Gasteiger partial charge in [0.2, 0.25) is 0 Å². The lowest BCUT2D eigenvalue weighted by Crippen LogP contribution is -2.47. The maximum Gasteiger partial charge on any atom is 0.326 e.